The summed E-state index contributed by atoms with van der Waals surface area (Å²) >= 11 is 0. The normalized spacial score (nSPS) is 13.8. The van der Waals surface area contributed by atoms with Gasteiger partial charge in [0.05, 0.1) is 6.04 Å². The van der Waals surface area contributed by atoms with Crippen molar-refractivity contribution < 1.29 is 18.9 Å². The average molecular weight is 529 g/mol. The number of aromatic amines is 1. The first-order valence-electron chi connectivity index (χ1n) is 12.1. The average Bonchev–Trinajstić information content (AvgIpc) is 3.57. The molecule has 1 atom stereocenters. The Balaban J connectivity index is 1.21. The van der Waals surface area contributed by atoms with E-state index in [9.17, 15) is 19.2 Å². The Morgan fingerprint density at radius 1 is 1.05 bits per heavy atom. The van der Waals surface area contributed by atoms with Crippen LogP contribution in [0.3, 0.4) is 0 Å². The van der Waals surface area contributed by atoms with Crippen molar-refractivity contribution in [2.45, 2.75) is 25.4 Å². The third-order valence-electron chi connectivity index (χ3n) is 6.24. The molecule has 13 heteroatoms. The van der Waals surface area contributed by atoms with E-state index in [0.29, 0.717) is 23.5 Å². The molecule has 5 rings (SSSR count). The molecular weight excluding hydrogens is 504 g/mol. The molecule has 1 aliphatic carbocycles. The van der Waals surface area contributed by atoms with E-state index in [4.69, 9.17) is 0 Å². The Morgan fingerprint density at radius 3 is 2.64 bits per heavy atom. The van der Waals surface area contributed by atoms with Gasteiger partial charge in [-0.25, -0.2) is 19.6 Å². The molecule has 0 aliphatic heterocycles. The van der Waals surface area contributed by atoms with Crippen LogP contribution in [0.1, 0.15) is 50.1 Å². The van der Waals surface area contributed by atoms with E-state index in [1.165, 1.54) is 19.4 Å². The minimum Gasteiger partial charge on any atom is -0.347 e. The summed E-state index contributed by atoms with van der Waals surface area (Å²) in [4.78, 5) is 59.0. The number of aryl methyl sites for hydroxylation is 1. The number of urea groups is 1. The molecular formula is C26H24N8O5. The van der Waals surface area contributed by atoms with E-state index < -0.39 is 17.6 Å². The SMILES string of the molecule is CNC(=O)Nc1cccc(CNC(=O)c2cc(C(=O)N[C@H]3CCc4cc(-c5noc(=O)[nH]5)ccc43)ncn2)c1. The lowest BCUT2D eigenvalue weighted by molar-refractivity contribution is 0.0931. The summed E-state index contributed by atoms with van der Waals surface area (Å²) in [6, 6.07) is 13.4. The van der Waals surface area contributed by atoms with Crippen LogP contribution in [0.15, 0.2) is 64.2 Å². The van der Waals surface area contributed by atoms with E-state index in [1.54, 1.807) is 24.3 Å². The van der Waals surface area contributed by atoms with E-state index >= 15 is 0 Å². The first kappa shape index (κ1) is 25.3. The Morgan fingerprint density at radius 2 is 1.87 bits per heavy atom. The smallest absolute Gasteiger partial charge is 0.347 e. The quantitative estimate of drug-likeness (QED) is 0.241. The highest BCUT2D eigenvalue weighted by atomic mass is 16.5. The molecule has 13 nitrogen and oxygen atoms in total. The van der Waals surface area contributed by atoms with Gasteiger partial charge in [-0.2, -0.15) is 0 Å². The number of hydrogen-bond donors (Lipinski definition) is 5. The second-order valence-corrected chi connectivity index (χ2v) is 8.80. The lowest BCUT2D eigenvalue weighted by atomic mass is 10.0. The molecule has 39 heavy (non-hydrogen) atoms. The van der Waals surface area contributed by atoms with Crippen LogP contribution in [0.4, 0.5) is 10.5 Å². The third-order valence-corrected chi connectivity index (χ3v) is 6.24. The van der Waals surface area contributed by atoms with Crippen molar-refractivity contribution >= 4 is 23.5 Å². The van der Waals surface area contributed by atoms with Gasteiger partial charge in [-0.3, -0.25) is 19.1 Å². The lowest BCUT2D eigenvalue weighted by Gasteiger charge is -2.14. The summed E-state index contributed by atoms with van der Waals surface area (Å²) in [5.41, 5.74) is 4.16. The molecule has 0 bridgehead atoms. The molecule has 198 valence electrons. The number of carbonyl (C=O) groups excluding carboxylic acids is 3. The standard InChI is InChI=1S/C26H24N8O5/c1-27-25(37)31-17-4-2-3-14(9-17)12-28-23(35)20-11-21(30-13-29-20)24(36)32-19-8-6-15-10-16(5-7-18(15)19)22-33-26(38)39-34-22/h2-5,7,9-11,13,19H,6,8,12H2,1H3,(H,28,35)(H,32,36)(H2,27,31,37)(H,33,34,38)/t19-/m0/s1. The van der Waals surface area contributed by atoms with Crippen molar-refractivity contribution in [2.75, 3.05) is 12.4 Å². The van der Waals surface area contributed by atoms with Gasteiger partial charge >= 0.3 is 11.8 Å². The molecule has 2 aromatic carbocycles. The summed E-state index contributed by atoms with van der Waals surface area (Å²) < 4.78 is 4.57. The number of H-pyrrole nitrogens is 1. The van der Waals surface area contributed by atoms with Crippen LogP contribution in [-0.2, 0) is 13.0 Å². The maximum atomic E-state index is 13.0. The van der Waals surface area contributed by atoms with Crippen LogP contribution < -0.4 is 27.0 Å². The first-order valence-corrected chi connectivity index (χ1v) is 12.1. The number of anilines is 1. The molecule has 2 heterocycles. The molecule has 0 fully saturated rings. The topological polar surface area (TPSA) is 184 Å². The fraction of sp³-hybridized carbons (Fsp3) is 0.192. The number of hydrogen-bond acceptors (Lipinski definition) is 8. The predicted octanol–water partition coefficient (Wildman–Crippen LogP) is 1.92. The monoisotopic (exact) mass is 528 g/mol. The Kier molecular flexibility index (Phi) is 7.12. The van der Waals surface area contributed by atoms with Crippen LogP contribution in [-0.4, -0.2) is 45.0 Å². The van der Waals surface area contributed by atoms with Crippen molar-refractivity contribution in [3.8, 4) is 11.4 Å². The maximum absolute atomic E-state index is 13.0. The lowest BCUT2D eigenvalue weighted by Crippen LogP contribution is -2.29. The zero-order valence-corrected chi connectivity index (χ0v) is 20.8. The predicted molar refractivity (Wildman–Crippen MR) is 139 cm³/mol. The highest BCUT2D eigenvalue weighted by Gasteiger charge is 2.26. The van der Waals surface area contributed by atoms with E-state index in [1.807, 2.05) is 18.2 Å². The second-order valence-electron chi connectivity index (χ2n) is 8.80. The molecule has 0 unspecified atom stereocenters. The highest BCUT2D eigenvalue weighted by molar-refractivity contribution is 5.97. The van der Waals surface area contributed by atoms with Gasteiger partial charge in [-0.05, 0) is 47.7 Å². The number of carbonyl (C=O) groups is 3. The van der Waals surface area contributed by atoms with Gasteiger partial charge in [-0.1, -0.05) is 29.4 Å². The van der Waals surface area contributed by atoms with Gasteiger partial charge in [-0.15, -0.1) is 0 Å². The number of aromatic nitrogens is 4. The summed E-state index contributed by atoms with van der Waals surface area (Å²) in [7, 11) is 1.52. The number of benzene rings is 2. The van der Waals surface area contributed by atoms with E-state index in [-0.39, 0.29) is 30.0 Å². The zero-order chi connectivity index (χ0) is 27.4. The van der Waals surface area contributed by atoms with Crippen LogP contribution in [0, 0.1) is 0 Å². The van der Waals surface area contributed by atoms with Gasteiger partial charge in [0.15, 0.2) is 5.82 Å². The van der Waals surface area contributed by atoms with Crippen molar-refractivity contribution in [2.24, 2.45) is 0 Å². The molecule has 4 amide bonds. The van der Waals surface area contributed by atoms with Gasteiger partial charge < -0.3 is 21.3 Å². The summed E-state index contributed by atoms with van der Waals surface area (Å²) in [6.07, 6.45) is 2.59. The molecule has 0 saturated heterocycles. The minimum absolute atomic E-state index is 0.0489. The third kappa shape index (κ3) is 5.82. The molecule has 4 aromatic rings. The van der Waals surface area contributed by atoms with E-state index in [0.717, 1.165) is 23.1 Å². The number of rotatable bonds is 7. The van der Waals surface area contributed by atoms with Crippen molar-refractivity contribution in [3.63, 3.8) is 0 Å². The molecule has 0 radical (unpaired) electrons. The summed E-state index contributed by atoms with van der Waals surface area (Å²) in [5, 5.41) is 14.6. The van der Waals surface area contributed by atoms with Crippen molar-refractivity contribution in [1.82, 2.24) is 36.1 Å². The van der Waals surface area contributed by atoms with E-state index in [2.05, 4.69) is 45.9 Å². The first-order chi connectivity index (χ1) is 18.9. The van der Waals surface area contributed by atoms with Crippen LogP contribution in [0.25, 0.3) is 11.4 Å². The fourth-order valence-corrected chi connectivity index (χ4v) is 4.33. The molecule has 0 saturated carbocycles. The maximum Gasteiger partial charge on any atom is 0.439 e. The largest absolute Gasteiger partial charge is 0.439 e. The van der Waals surface area contributed by atoms with Crippen LogP contribution >= 0.6 is 0 Å². The molecule has 2 aromatic heterocycles. The molecule has 1 aliphatic rings. The Labute approximate surface area is 221 Å². The zero-order valence-electron chi connectivity index (χ0n) is 20.8. The minimum atomic E-state index is -0.627. The molecule has 0 spiro atoms. The Bertz CT molecular complexity index is 1610. The summed E-state index contributed by atoms with van der Waals surface area (Å²) in [6.45, 7) is 0.191. The van der Waals surface area contributed by atoms with Gasteiger partial charge in [0.1, 0.15) is 17.7 Å². The number of fused-ring (bicyclic) bond motifs is 1. The second kappa shape index (κ2) is 11.0. The summed E-state index contributed by atoms with van der Waals surface area (Å²) in [5.74, 6) is -1.18. The number of nitrogens with zero attached hydrogens (tertiary/aromatic N) is 3. The molecule has 5 N–H and O–H groups in total. The number of nitrogens with one attached hydrogen (secondary N) is 5. The fourth-order valence-electron chi connectivity index (χ4n) is 4.33. The van der Waals surface area contributed by atoms with Gasteiger partial charge in [0.2, 0.25) is 0 Å². The highest BCUT2D eigenvalue weighted by Crippen LogP contribution is 2.33. The van der Waals surface area contributed by atoms with Crippen LogP contribution in [0.5, 0.6) is 0 Å². The number of amides is 4. The van der Waals surface area contributed by atoms with Gasteiger partial charge in [0.25, 0.3) is 11.8 Å². The van der Waals surface area contributed by atoms with Gasteiger partial charge in [0, 0.05) is 30.9 Å². The van der Waals surface area contributed by atoms with Crippen molar-refractivity contribution in [1.29, 1.82) is 0 Å². The van der Waals surface area contributed by atoms with Crippen LogP contribution in [0.2, 0.25) is 0 Å². The van der Waals surface area contributed by atoms with Crippen molar-refractivity contribution in [3.05, 3.63) is 93.5 Å². The Hall–Kier alpha value is -5.33.